The highest BCUT2D eigenvalue weighted by Crippen LogP contribution is 2.05. The topological polar surface area (TPSA) is 29.9 Å². The fourth-order valence-electron chi connectivity index (χ4n) is 1.28. The largest absolute Gasteiger partial charge is 0.309 e. The quantitative estimate of drug-likeness (QED) is 0.726. The van der Waals surface area contributed by atoms with E-state index in [-0.39, 0.29) is 0 Å². The highest BCUT2D eigenvalue weighted by molar-refractivity contribution is 5.04. The molecule has 3 heteroatoms. The molecule has 1 heterocycles. The standard InChI is InChI=1S/C12H21N3/c1-5-11(4)9-15-12(6-7-14-15)8-13-10(2)3/h6-7,10,13H,4-5,8-9H2,1-3H3. The lowest BCUT2D eigenvalue weighted by molar-refractivity contribution is 0.543. The number of nitrogens with one attached hydrogen (secondary N) is 1. The van der Waals surface area contributed by atoms with Crippen LogP contribution in [0.25, 0.3) is 0 Å². The number of nitrogens with zero attached hydrogens (tertiary/aromatic N) is 2. The molecule has 1 aromatic heterocycles. The lowest BCUT2D eigenvalue weighted by Crippen LogP contribution is -2.23. The molecule has 0 atom stereocenters. The van der Waals surface area contributed by atoms with Crippen LogP contribution in [-0.2, 0) is 13.1 Å². The van der Waals surface area contributed by atoms with Crippen LogP contribution in [0.2, 0.25) is 0 Å². The molecule has 0 aliphatic heterocycles. The molecule has 0 amide bonds. The van der Waals surface area contributed by atoms with Gasteiger partial charge in [-0.05, 0) is 12.5 Å². The van der Waals surface area contributed by atoms with Gasteiger partial charge in [0.2, 0.25) is 0 Å². The monoisotopic (exact) mass is 207 g/mol. The minimum atomic E-state index is 0.503. The first-order valence-electron chi connectivity index (χ1n) is 5.54. The molecule has 0 aliphatic rings. The maximum atomic E-state index is 4.30. The van der Waals surface area contributed by atoms with Crippen molar-refractivity contribution in [3.05, 3.63) is 30.1 Å². The van der Waals surface area contributed by atoms with Crippen molar-refractivity contribution in [2.24, 2.45) is 0 Å². The van der Waals surface area contributed by atoms with Crippen molar-refractivity contribution in [3.63, 3.8) is 0 Å². The van der Waals surface area contributed by atoms with Crippen LogP contribution in [0.5, 0.6) is 0 Å². The van der Waals surface area contributed by atoms with Crippen LogP contribution in [0.4, 0.5) is 0 Å². The molecule has 0 radical (unpaired) electrons. The average molecular weight is 207 g/mol. The molecule has 1 N–H and O–H groups in total. The van der Waals surface area contributed by atoms with Gasteiger partial charge < -0.3 is 5.32 Å². The molecule has 15 heavy (non-hydrogen) atoms. The Bertz CT molecular complexity index is 312. The summed E-state index contributed by atoms with van der Waals surface area (Å²) < 4.78 is 2.02. The molecule has 3 nitrogen and oxygen atoms in total. The van der Waals surface area contributed by atoms with Gasteiger partial charge in [0.25, 0.3) is 0 Å². The van der Waals surface area contributed by atoms with Crippen molar-refractivity contribution in [1.82, 2.24) is 15.1 Å². The van der Waals surface area contributed by atoms with Gasteiger partial charge in [-0.3, -0.25) is 4.68 Å². The van der Waals surface area contributed by atoms with Crippen molar-refractivity contribution in [2.75, 3.05) is 0 Å². The van der Waals surface area contributed by atoms with E-state index in [0.717, 1.165) is 19.5 Å². The molecule has 1 rings (SSSR count). The highest BCUT2D eigenvalue weighted by atomic mass is 15.3. The summed E-state index contributed by atoms with van der Waals surface area (Å²) in [6.45, 7) is 12.1. The Kier molecular flexibility index (Phi) is 4.56. The van der Waals surface area contributed by atoms with Crippen LogP contribution in [-0.4, -0.2) is 15.8 Å². The summed E-state index contributed by atoms with van der Waals surface area (Å²) >= 11 is 0. The first-order valence-corrected chi connectivity index (χ1v) is 5.54. The van der Waals surface area contributed by atoms with E-state index in [4.69, 9.17) is 0 Å². The molecule has 0 aromatic carbocycles. The summed E-state index contributed by atoms with van der Waals surface area (Å²) in [5.41, 5.74) is 2.43. The molecule has 0 bridgehead atoms. The fourth-order valence-corrected chi connectivity index (χ4v) is 1.28. The molecule has 0 saturated heterocycles. The molecule has 0 aliphatic carbocycles. The zero-order valence-electron chi connectivity index (χ0n) is 9.95. The van der Waals surface area contributed by atoms with Crippen LogP contribution in [0, 0.1) is 0 Å². The van der Waals surface area contributed by atoms with Crippen LogP contribution >= 0.6 is 0 Å². The lowest BCUT2D eigenvalue weighted by Gasteiger charge is -2.11. The molecular formula is C12H21N3. The Morgan fingerprint density at radius 3 is 2.93 bits per heavy atom. The Hall–Kier alpha value is -1.09. The predicted molar refractivity (Wildman–Crippen MR) is 63.6 cm³/mol. The highest BCUT2D eigenvalue weighted by Gasteiger charge is 2.03. The zero-order valence-corrected chi connectivity index (χ0v) is 9.95. The van der Waals surface area contributed by atoms with Gasteiger partial charge >= 0.3 is 0 Å². The molecule has 0 fully saturated rings. The molecule has 0 unspecified atom stereocenters. The van der Waals surface area contributed by atoms with Crippen molar-refractivity contribution in [1.29, 1.82) is 0 Å². The number of hydrogen-bond acceptors (Lipinski definition) is 2. The van der Waals surface area contributed by atoms with Gasteiger partial charge in [-0.1, -0.05) is 32.9 Å². The average Bonchev–Trinajstić information content (AvgIpc) is 2.62. The molecular weight excluding hydrogens is 186 g/mol. The van der Waals surface area contributed by atoms with E-state index < -0.39 is 0 Å². The Morgan fingerprint density at radius 1 is 1.60 bits per heavy atom. The third kappa shape index (κ3) is 3.88. The van der Waals surface area contributed by atoms with Crippen molar-refractivity contribution in [3.8, 4) is 0 Å². The summed E-state index contributed by atoms with van der Waals surface area (Å²) in [4.78, 5) is 0. The molecule has 84 valence electrons. The van der Waals surface area contributed by atoms with E-state index in [0.29, 0.717) is 6.04 Å². The second kappa shape index (κ2) is 5.71. The van der Waals surface area contributed by atoms with Gasteiger partial charge in [0, 0.05) is 18.8 Å². The van der Waals surface area contributed by atoms with E-state index in [2.05, 4.69) is 43.8 Å². The van der Waals surface area contributed by atoms with Crippen molar-refractivity contribution in [2.45, 2.75) is 46.3 Å². The number of hydrogen-bond donors (Lipinski definition) is 1. The maximum Gasteiger partial charge on any atom is 0.0620 e. The predicted octanol–water partition coefficient (Wildman–Crippen LogP) is 2.35. The summed E-state index contributed by atoms with van der Waals surface area (Å²) in [6.07, 6.45) is 2.86. The second-order valence-electron chi connectivity index (χ2n) is 4.12. The first-order chi connectivity index (χ1) is 7.13. The normalized spacial score (nSPS) is 10.9. The zero-order chi connectivity index (χ0) is 11.3. The number of rotatable bonds is 6. The Morgan fingerprint density at radius 2 is 2.33 bits per heavy atom. The molecule has 1 aromatic rings. The fraction of sp³-hybridized carbons (Fsp3) is 0.583. The first kappa shape index (κ1) is 12.0. The van der Waals surface area contributed by atoms with E-state index >= 15 is 0 Å². The van der Waals surface area contributed by atoms with E-state index in [1.807, 2.05) is 10.9 Å². The minimum absolute atomic E-state index is 0.503. The Balaban J connectivity index is 2.57. The van der Waals surface area contributed by atoms with Gasteiger partial charge in [0.05, 0.1) is 12.2 Å². The van der Waals surface area contributed by atoms with Gasteiger partial charge in [0.15, 0.2) is 0 Å². The van der Waals surface area contributed by atoms with Crippen LogP contribution < -0.4 is 5.32 Å². The number of allylic oxidation sites excluding steroid dienone is 1. The van der Waals surface area contributed by atoms with E-state index in [1.165, 1.54) is 11.3 Å². The van der Waals surface area contributed by atoms with Crippen molar-refractivity contribution >= 4 is 0 Å². The van der Waals surface area contributed by atoms with Crippen LogP contribution in [0.3, 0.4) is 0 Å². The molecule has 0 saturated carbocycles. The van der Waals surface area contributed by atoms with E-state index in [9.17, 15) is 0 Å². The minimum Gasteiger partial charge on any atom is -0.309 e. The third-order valence-corrected chi connectivity index (χ3v) is 2.37. The summed E-state index contributed by atoms with van der Waals surface area (Å²) in [5.74, 6) is 0. The lowest BCUT2D eigenvalue weighted by atomic mass is 10.2. The van der Waals surface area contributed by atoms with Gasteiger partial charge in [-0.15, -0.1) is 0 Å². The van der Waals surface area contributed by atoms with Gasteiger partial charge in [-0.2, -0.15) is 5.10 Å². The summed E-state index contributed by atoms with van der Waals surface area (Å²) in [7, 11) is 0. The SMILES string of the molecule is C=C(CC)Cn1nccc1CNC(C)C. The van der Waals surface area contributed by atoms with Crippen molar-refractivity contribution < 1.29 is 0 Å². The molecule has 0 spiro atoms. The summed E-state index contributed by atoms with van der Waals surface area (Å²) in [5, 5.41) is 7.69. The number of aromatic nitrogens is 2. The van der Waals surface area contributed by atoms with Crippen LogP contribution in [0.1, 0.15) is 32.9 Å². The smallest absolute Gasteiger partial charge is 0.0620 e. The van der Waals surface area contributed by atoms with Gasteiger partial charge in [-0.25, -0.2) is 0 Å². The second-order valence-corrected chi connectivity index (χ2v) is 4.12. The summed E-state index contributed by atoms with van der Waals surface area (Å²) in [6, 6.07) is 2.56. The Labute approximate surface area is 92.2 Å². The van der Waals surface area contributed by atoms with Gasteiger partial charge in [0.1, 0.15) is 0 Å². The van der Waals surface area contributed by atoms with E-state index in [1.54, 1.807) is 0 Å². The third-order valence-electron chi connectivity index (χ3n) is 2.37. The maximum absolute atomic E-state index is 4.30. The van der Waals surface area contributed by atoms with Crippen LogP contribution in [0.15, 0.2) is 24.4 Å².